The average Bonchev–Trinajstić information content (AvgIpc) is 2.46. The fourth-order valence-electron chi connectivity index (χ4n) is 1.70. The Hall–Kier alpha value is -0.980. The first-order valence-corrected chi connectivity index (χ1v) is 8.35. The van der Waals surface area contributed by atoms with Crippen LogP contribution in [0, 0.1) is 0 Å². The topological polar surface area (TPSA) is 80.0 Å². The molecule has 0 aromatic carbocycles. The molecule has 0 saturated heterocycles. The summed E-state index contributed by atoms with van der Waals surface area (Å²) in [6, 6.07) is 1.55. The summed E-state index contributed by atoms with van der Waals surface area (Å²) >= 11 is 7.79. The van der Waals surface area contributed by atoms with Crippen molar-refractivity contribution in [1.29, 1.82) is 0 Å². The first-order valence-electron chi connectivity index (χ1n) is 6.58. The van der Waals surface area contributed by atoms with Crippen molar-refractivity contribution in [2.75, 3.05) is 24.0 Å². The largest absolute Gasteiger partial charge is 0.352 e. The number of hydrazine groups is 1. The molecule has 0 fully saturated rings. The van der Waals surface area contributed by atoms with Crippen LogP contribution in [0.25, 0.3) is 0 Å². The highest BCUT2D eigenvalue weighted by atomic mass is 35.5. The van der Waals surface area contributed by atoms with E-state index < -0.39 is 0 Å². The SMILES string of the molecule is CSCCCCCCNC(=O)c1cnc(NN)c(Cl)c1. The van der Waals surface area contributed by atoms with Gasteiger partial charge in [-0.3, -0.25) is 4.79 Å². The van der Waals surface area contributed by atoms with Gasteiger partial charge in [0.2, 0.25) is 0 Å². The molecule has 0 unspecified atom stereocenters. The molecule has 0 aliphatic heterocycles. The zero-order valence-electron chi connectivity index (χ0n) is 11.6. The molecule has 7 heteroatoms. The molecule has 0 atom stereocenters. The number of rotatable bonds is 9. The van der Waals surface area contributed by atoms with Crippen LogP contribution in [-0.2, 0) is 0 Å². The van der Waals surface area contributed by atoms with Gasteiger partial charge in [0.25, 0.3) is 5.91 Å². The highest BCUT2D eigenvalue weighted by molar-refractivity contribution is 7.98. The molecule has 4 N–H and O–H groups in total. The molecule has 1 amide bonds. The van der Waals surface area contributed by atoms with Gasteiger partial charge >= 0.3 is 0 Å². The Morgan fingerprint density at radius 2 is 2.15 bits per heavy atom. The number of thioether (sulfide) groups is 1. The summed E-state index contributed by atoms with van der Waals surface area (Å²) < 4.78 is 0. The first-order chi connectivity index (χ1) is 9.69. The Bertz CT molecular complexity index is 431. The number of nitrogens with zero attached hydrogens (tertiary/aromatic N) is 1. The summed E-state index contributed by atoms with van der Waals surface area (Å²) in [7, 11) is 0. The molecule has 1 rings (SSSR count). The maximum Gasteiger partial charge on any atom is 0.252 e. The van der Waals surface area contributed by atoms with E-state index in [0.717, 1.165) is 12.8 Å². The molecular formula is C13H21ClN4OS. The summed E-state index contributed by atoms with van der Waals surface area (Å²) in [4.78, 5) is 15.8. The lowest BCUT2D eigenvalue weighted by Gasteiger charge is -2.07. The van der Waals surface area contributed by atoms with E-state index in [-0.39, 0.29) is 5.91 Å². The Morgan fingerprint density at radius 1 is 1.40 bits per heavy atom. The average molecular weight is 317 g/mol. The number of aromatic nitrogens is 1. The van der Waals surface area contributed by atoms with E-state index in [1.165, 1.54) is 24.8 Å². The number of hydrogen-bond acceptors (Lipinski definition) is 5. The second kappa shape index (κ2) is 9.85. The minimum Gasteiger partial charge on any atom is -0.352 e. The van der Waals surface area contributed by atoms with E-state index in [1.807, 2.05) is 11.8 Å². The van der Waals surface area contributed by atoms with Crippen LogP contribution in [-0.4, -0.2) is 29.4 Å². The van der Waals surface area contributed by atoms with Crippen molar-refractivity contribution >= 4 is 35.1 Å². The standard InChI is InChI=1S/C13H21ClN4OS/c1-20-7-5-3-2-4-6-16-13(19)10-8-11(14)12(18-15)17-9-10/h8-9H,2-7,15H2,1H3,(H,16,19)(H,17,18). The smallest absolute Gasteiger partial charge is 0.252 e. The molecule has 1 aromatic rings. The van der Waals surface area contributed by atoms with Gasteiger partial charge in [0.05, 0.1) is 10.6 Å². The summed E-state index contributed by atoms with van der Waals surface area (Å²) in [6.45, 7) is 0.673. The van der Waals surface area contributed by atoms with Crippen LogP contribution in [0.2, 0.25) is 5.02 Å². The number of carbonyl (C=O) groups is 1. The molecule has 0 spiro atoms. The number of nitrogens with two attached hydrogens (primary N) is 1. The number of nitrogens with one attached hydrogen (secondary N) is 2. The highest BCUT2D eigenvalue weighted by Gasteiger charge is 2.08. The maximum absolute atomic E-state index is 11.9. The second-order valence-corrected chi connectivity index (χ2v) is 5.75. The highest BCUT2D eigenvalue weighted by Crippen LogP contribution is 2.18. The molecule has 0 radical (unpaired) electrons. The third kappa shape index (κ3) is 5.98. The van der Waals surface area contributed by atoms with Crippen LogP contribution in [0.1, 0.15) is 36.0 Å². The number of unbranched alkanes of at least 4 members (excludes halogenated alkanes) is 3. The predicted molar refractivity (Wildman–Crippen MR) is 86.2 cm³/mol. The van der Waals surface area contributed by atoms with Crippen molar-refractivity contribution in [3.8, 4) is 0 Å². The van der Waals surface area contributed by atoms with Crippen molar-refractivity contribution in [3.05, 3.63) is 22.8 Å². The molecule has 5 nitrogen and oxygen atoms in total. The van der Waals surface area contributed by atoms with Crippen LogP contribution in [0.15, 0.2) is 12.3 Å². The third-order valence-corrected chi connectivity index (χ3v) is 3.79. The minimum absolute atomic E-state index is 0.160. The Balaban J connectivity index is 2.27. The number of nitrogen functional groups attached to an aromatic ring is 1. The Labute approximate surface area is 129 Å². The van der Waals surface area contributed by atoms with Gasteiger partial charge < -0.3 is 10.7 Å². The summed E-state index contributed by atoms with van der Waals surface area (Å²) in [6.07, 6.45) is 8.14. The van der Waals surface area contributed by atoms with Gasteiger partial charge in [0.1, 0.15) is 0 Å². The Morgan fingerprint density at radius 3 is 2.80 bits per heavy atom. The van der Waals surface area contributed by atoms with E-state index in [4.69, 9.17) is 17.4 Å². The van der Waals surface area contributed by atoms with Crippen molar-refractivity contribution in [1.82, 2.24) is 10.3 Å². The van der Waals surface area contributed by atoms with Crippen LogP contribution in [0.4, 0.5) is 5.82 Å². The zero-order chi connectivity index (χ0) is 14.8. The molecular weight excluding hydrogens is 296 g/mol. The van der Waals surface area contributed by atoms with Gasteiger partial charge in [0.15, 0.2) is 5.82 Å². The van der Waals surface area contributed by atoms with Crippen molar-refractivity contribution in [2.24, 2.45) is 5.84 Å². The van der Waals surface area contributed by atoms with Crippen LogP contribution in [0.5, 0.6) is 0 Å². The second-order valence-electron chi connectivity index (χ2n) is 4.36. The van der Waals surface area contributed by atoms with Gasteiger partial charge in [-0.05, 0) is 30.9 Å². The molecule has 0 bridgehead atoms. The van der Waals surface area contributed by atoms with Crippen molar-refractivity contribution in [3.63, 3.8) is 0 Å². The first kappa shape index (κ1) is 17.1. The van der Waals surface area contributed by atoms with E-state index in [9.17, 15) is 4.79 Å². The molecule has 1 aromatic heterocycles. The monoisotopic (exact) mass is 316 g/mol. The van der Waals surface area contributed by atoms with Crippen LogP contribution < -0.4 is 16.6 Å². The van der Waals surface area contributed by atoms with Gasteiger partial charge in [-0.1, -0.05) is 24.4 Å². The zero-order valence-corrected chi connectivity index (χ0v) is 13.2. The van der Waals surface area contributed by atoms with E-state index in [0.29, 0.717) is 22.9 Å². The van der Waals surface area contributed by atoms with Crippen LogP contribution in [0.3, 0.4) is 0 Å². The van der Waals surface area contributed by atoms with Crippen molar-refractivity contribution < 1.29 is 4.79 Å². The van der Waals surface area contributed by atoms with Gasteiger partial charge in [-0.2, -0.15) is 11.8 Å². The Kier molecular flexibility index (Phi) is 8.41. The lowest BCUT2D eigenvalue weighted by molar-refractivity contribution is 0.0952. The number of amides is 1. The lowest BCUT2D eigenvalue weighted by Crippen LogP contribution is -2.24. The predicted octanol–water partition coefficient (Wildman–Crippen LogP) is 2.67. The number of anilines is 1. The normalized spacial score (nSPS) is 10.3. The van der Waals surface area contributed by atoms with Gasteiger partial charge in [-0.15, -0.1) is 0 Å². The van der Waals surface area contributed by atoms with Gasteiger partial charge in [0, 0.05) is 12.7 Å². The molecule has 0 saturated carbocycles. The molecule has 0 aliphatic rings. The quantitative estimate of drug-likeness (QED) is 0.371. The van der Waals surface area contributed by atoms with E-state index in [1.54, 1.807) is 6.07 Å². The lowest BCUT2D eigenvalue weighted by atomic mass is 10.2. The number of halogens is 1. The fraction of sp³-hybridized carbons (Fsp3) is 0.538. The number of carbonyl (C=O) groups excluding carboxylic acids is 1. The minimum atomic E-state index is -0.160. The summed E-state index contributed by atoms with van der Waals surface area (Å²) in [5.41, 5.74) is 2.80. The van der Waals surface area contributed by atoms with Crippen molar-refractivity contribution in [2.45, 2.75) is 25.7 Å². The molecule has 1 heterocycles. The molecule has 0 aliphatic carbocycles. The van der Waals surface area contributed by atoms with Gasteiger partial charge in [-0.25, -0.2) is 10.8 Å². The van der Waals surface area contributed by atoms with E-state index >= 15 is 0 Å². The maximum atomic E-state index is 11.9. The number of hydrogen-bond donors (Lipinski definition) is 3. The summed E-state index contributed by atoms with van der Waals surface area (Å²) in [5.74, 6) is 6.63. The van der Waals surface area contributed by atoms with Crippen LogP contribution >= 0.6 is 23.4 Å². The third-order valence-electron chi connectivity index (χ3n) is 2.80. The molecule has 20 heavy (non-hydrogen) atoms. The number of pyridine rings is 1. The fourth-order valence-corrected chi connectivity index (χ4v) is 2.41. The van der Waals surface area contributed by atoms with E-state index in [2.05, 4.69) is 22.0 Å². The summed E-state index contributed by atoms with van der Waals surface area (Å²) in [5, 5.41) is 3.19. The molecule has 112 valence electrons.